The van der Waals surface area contributed by atoms with Gasteiger partial charge >= 0.3 is 5.97 Å². The summed E-state index contributed by atoms with van der Waals surface area (Å²) in [5, 5.41) is 8.95. The van der Waals surface area contributed by atoms with E-state index in [-0.39, 0.29) is 36.1 Å². The van der Waals surface area contributed by atoms with Crippen molar-refractivity contribution in [2.75, 3.05) is 25.7 Å². The molecule has 1 amide bonds. The number of halogens is 1. The smallest absolute Gasteiger partial charge is 0.308 e. The predicted molar refractivity (Wildman–Crippen MR) is 67.6 cm³/mol. The second kappa shape index (κ2) is 5.36. The lowest BCUT2D eigenvalue weighted by Gasteiger charge is -2.20. The highest BCUT2D eigenvalue weighted by atomic mass is 19.1. The fraction of sp³-hybridized carbons (Fsp3) is 0.385. The Balaban J connectivity index is 2.40. The maximum atomic E-state index is 13.8. The van der Waals surface area contributed by atoms with Gasteiger partial charge in [-0.25, -0.2) is 4.39 Å². The number of ether oxygens (including phenoxy) is 2. The van der Waals surface area contributed by atoms with Crippen molar-refractivity contribution in [1.82, 2.24) is 0 Å². The molecule has 7 heteroatoms. The average molecular weight is 283 g/mol. The maximum absolute atomic E-state index is 13.8. The molecule has 0 aromatic heterocycles. The lowest BCUT2D eigenvalue weighted by Crippen LogP contribution is -2.26. The number of hydrogen-bond acceptors (Lipinski definition) is 4. The van der Waals surface area contributed by atoms with Gasteiger partial charge in [0.2, 0.25) is 5.91 Å². The zero-order valence-electron chi connectivity index (χ0n) is 11.1. The highest BCUT2D eigenvalue weighted by Gasteiger charge is 2.36. The van der Waals surface area contributed by atoms with E-state index in [2.05, 4.69) is 0 Å². The number of rotatable bonds is 4. The van der Waals surface area contributed by atoms with Gasteiger partial charge in [0, 0.05) is 25.1 Å². The summed E-state index contributed by atoms with van der Waals surface area (Å²) >= 11 is 0. The standard InChI is InChI=1S/C13H14FNO5/c1-19-10-5-11(20-2)9(4-8(10)14)15-6-7(13(17)18)3-12(15)16/h4-5,7H,3,6H2,1-2H3,(H,17,18). The summed E-state index contributed by atoms with van der Waals surface area (Å²) in [6.07, 6.45) is -0.105. The number of carbonyl (C=O) groups is 2. The Labute approximate surface area is 114 Å². The van der Waals surface area contributed by atoms with Gasteiger partial charge in [0.25, 0.3) is 0 Å². The van der Waals surface area contributed by atoms with Crippen molar-refractivity contribution in [2.24, 2.45) is 5.92 Å². The van der Waals surface area contributed by atoms with Crippen molar-refractivity contribution in [3.63, 3.8) is 0 Å². The van der Waals surface area contributed by atoms with Crippen LogP contribution in [-0.4, -0.2) is 37.7 Å². The van der Waals surface area contributed by atoms with Gasteiger partial charge in [-0.05, 0) is 0 Å². The van der Waals surface area contributed by atoms with Crippen LogP contribution in [0.4, 0.5) is 10.1 Å². The Morgan fingerprint density at radius 1 is 1.35 bits per heavy atom. The Morgan fingerprint density at radius 2 is 2.00 bits per heavy atom. The molecule has 1 heterocycles. The van der Waals surface area contributed by atoms with E-state index in [9.17, 15) is 14.0 Å². The number of amides is 1. The first-order valence-corrected chi connectivity index (χ1v) is 5.92. The number of hydrogen-bond donors (Lipinski definition) is 1. The van der Waals surface area contributed by atoms with Gasteiger partial charge in [-0.3, -0.25) is 9.59 Å². The first-order chi connectivity index (χ1) is 9.47. The van der Waals surface area contributed by atoms with Crippen LogP contribution < -0.4 is 14.4 Å². The van der Waals surface area contributed by atoms with Crippen LogP contribution in [0, 0.1) is 11.7 Å². The van der Waals surface area contributed by atoms with Crippen molar-refractivity contribution in [2.45, 2.75) is 6.42 Å². The first kappa shape index (κ1) is 14.1. The predicted octanol–water partition coefficient (Wildman–Crippen LogP) is 1.28. The second-order valence-corrected chi connectivity index (χ2v) is 4.40. The Morgan fingerprint density at radius 3 is 2.50 bits per heavy atom. The highest BCUT2D eigenvalue weighted by molar-refractivity contribution is 6.00. The summed E-state index contributed by atoms with van der Waals surface area (Å²) in [6, 6.07) is 2.44. The van der Waals surface area contributed by atoms with Gasteiger partial charge in [-0.1, -0.05) is 0 Å². The van der Waals surface area contributed by atoms with E-state index in [0.29, 0.717) is 0 Å². The first-order valence-electron chi connectivity index (χ1n) is 5.92. The summed E-state index contributed by atoms with van der Waals surface area (Å²) in [6.45, 7) is -0.00368. The van der Waals surface area contributed by atoms with Gasteiger partial charge in [0.05, 0.1) is 25.8 Å². The third-order valence-corrected chi connectivity index (χ3v) is 3.22. The largest absolute Gasteiger partial charge is 0.494 e. The van der Waals surface area contributed by atoms with E-state index >= 15 is 0 Å². The molecule has 0 aliphatic carbocycles. The van der Waals surface area contributed by atoms with E-state index in [1.54, 1.807) is 0 Å². The Kier molecular flexibility index (Phi) is 3.78. The molecule has 1 atom stereocenters. The summed E-state index contributed by atoms with van der Waals surface area (Å²) in [7, 11) is 2.70. The number of carboxylic acid groups (broad SMARTS) is 1. The zero-order chi connectivity index (χ0) is 14.9. The molecular formula is C13H14FNO5. The van der Waals surface area contributed by atoms with Crippen molar-refractivity contribution >= 4 is 17.6 Å². The minimum Gasteiger partial charge on any atom is -0.494 e. The molecule has 1 N–H and O–H groups in total. The number of nitrogens with zero attached hydrogens (tertiary/aromatic N) is 1. The van der Waals surface area contributed by atoms with Crippen LogP contribution in [-0.2, 0) is 9.59 Å². The SMILES string of the molecule is COc1cc(OC)c(N2CC(C(=O)O)CC2=O)cc1F. The molecule has 6 nitrogen and oxygen atoms in total. The lowest BCUT2D eigenvalue weighted by molar-refractivity contribution is -0.141. The van der Waals surface area contributed by atoms with Gasteiger partial charge < -0.3 is 19.5 Å². The van der Waals surface area contributed by atoms with Crippen LogP contribution in [0.15, 0.2) is 12.1 Å². The summed E-state index contributed by atoms with van der Waals surface area (Å²) in [5.41, 5.74) is 0.208. The normalized spacial score (nSPS) is 18.2. The van der Waals surface area contributed by atoms with E-state index in [4.69, 9.17) is 14.6 Å². The molecule has 20 heavy (non-hydrogen) atoms. The van der Waals surface area contributed by atoms with Crippen LogP contribution in [0.1, 0.15) is 6.42 Å². The van der Waals surface area contributed by atoms with E-state index < -0.39 is 17.7 Å². The second-order valence-electron chi connectivity index (χ2n) is 4.40. The van der Waals surface area contributed by atoms with Crippen molar-refractivity contribution < 1.29 is 28.6 Å². The molecule has 1 aromatic carbocycles. The maximum Gasteiger partial charge on any atom is 0.308 e. The number of aliphatic carboxylic acids is 1. The van der Waals surface area contributed by atoms with Crippen molar-refractivity contribution in [1.29, 1.82) is 0 Å². The van der Waals surface area contributed by atoms with Gasteiger partial charge in [0.1, 0.15) is 5.75 Å². The molecule has 1 unspecified atom stereocenters. The number of methoxy groups -OCH3 is 2. The minimum atomic E-state index is -1.05. The van der Waals surface area contributed by atoms with Crippen LogP contribution in [0.3, 0.4) is 0 Å². The third-order valence-electron chi connectivity index (χ3n) is 3.22. The van der Waals surface area contributed by atoms with Crippen LogP contribution >= 0.6 is 0 Å². The molecule has 1 fully saturated rings. The van der Waals surface area contributed by atoms with Gasteiger partial charge in [0.15, 0.2) is 11.6 Å². The Hall–Kier alpha value is -2.31. The number of carboxylic acids is 1. The molecule has 0 spiro atoms. The molecule has 0 bridgehead atoms. The summed E-state index contributed by atoms with van der Waals surface area (Å²) < 4.78 is 23.7. The molecule has 1 aliphatic heterocycles. The number of benzene rings is 1. The molecule has 0 saturated carbocycles. The molecule has 1 aromatic rings. The van der Waals surface area contributed by atoms with E-state index in [0.717, 1.165) is 6.07 Å². The molecule has 0 radical (unpaired) electrons. The quantitative estimate of drug-likeness (QED) is 0.900. The molecule has 2 rings (SSSR count). The Bertz CT molecular complexity index is 560. The molecule has 1 aliphatic rings. The summed E-state index contributed by atoms with van der Waals surface area (Å²) in [4.78, 5) is 24.0. The molecular weight excluding hydrogens is 269 g/mol. The van der Waals surface area contributed by atoms with Gasteiger partial charge in [-0.2, -0.15) is 0 Å². The monoisotopic (exact) mass is 283 g/mol. The van der Waals surface area contributed by atoms with Crippen LogP contribution in [0.2, 0.25) is 0 Å². The zero-order valence-corrected chi connectivity index (χ0v) is 11.1. The van der Waals surface area contributed by atoms with Gasteiger partial charge in [-0.15, -0.1) is 0 Å². The molecule has 108 valence electrons. The molecule has 1 saturated heterocycles. The van der Waals surface area contributed by atoms with E-state index in [1.165, 1.54) is 25.2 Å². The van der Waals surface area contributed by atoms with E-state index in [1.807, 2.05) is 0 Å². The topological polar surface area (TPSA) is 76.1 Å². The minimum absolute atomic E-state index is 0.00368. The number of carbonyl (C=O) groups excluding carboxylic acids is 1. The van der Waals surface area contributed by atoms with Crippen molar-refractivity contribution in [3.8, 4) is 11.5 Å². The fourth-order valence-corrected chi connectivity index (χ4v) is 2.16. The lowest BCUT2D eigenvalue weighted by atomic mass is 10.1. The van der Waals surface area contributed by atoms with Crippen molar-refractivity contribution in [3.05, 3.63) is 17.9 Å². The van der Waals surface area contributed by atoms with Crippen LogP contribution in [0.5, 0.6) is 11.5 Å². The summed E-state index contributed by atoms with van der Waals surface area (Å²) in [5.74, 6) is -2.61. The highest BCUT2D eigenvalue weighted by Crippen LogP contribution is 2.37. The van der Waals surface area contributed by atoms with Crippen LogP contribution in [0.25, 0.3) is 0 Å². The fourth-order valence-electron chi connectivity index (χ4n) is 2.16. The number of anilines is 1. The average Bonchev–Trinajstić information content (AvgIpc) is 2.80. The third kappa shape index (κ3) is 2.38.